The van der Waals surface area contributed by atoms with Crippen molar-refractivity contribution in [2.24, 2.45) is 0 Å². The average molecular weight is 331 g/mol. The molecule has 0 saturated carbocycles. The summed E-state index contributed by atoms with van der Waals surface area (Å²) in [6.07, 6.45) is 1.95. The number of halogens is 1. The SMILES string of the molecule is CSCC(C)NC(=O)C(=O)Nc1cccc(Br)c1. The fourth-order valence-corrected chi connectivity index (χ4v) is 2.32. The molecule has 98 valence electrons. The first kappa shape index (κ1) is 15.0. The van der Waals surface area contributed by atoms with Crippen LogP contribution in [0.1, 0.15) is 6.92 Å². The van der Waals surface area contributed by atoms with Gasteiger partial charge in [-0.3, -0.25) is 9.59 Å². The van der Waals surface area contributed by atoms with Crippen molar-refractivity contribution in [1.82, 2.24) is 5.32 Å². The molecule has 0 spiro atoms. The highest BCUT2D eigenvalue weighted by molar-refractivity contribution is 9.10. The molecule has 0 saturated heterocycles. The molecule has 1 atom stereocenters. The first-order chi connectivity index (χ1) is 8.52. The number of carbonyl (C=O) groups excluding carboxylic acids is 2. The molecule has 1 aromatic rings. The number of carbonyl (C=O) groups is 2. The standard InChI is InChI=1S/C12H15BrN2O2S/c1-8(7-18-2)14-11(16)12(17)15-10-5-3-4-9(13)6-10/h3-6,8H,7H2,1-2H3,(H,14,16)(H,15,17). The van der Waals surface area contributed by atoms with E-state index in [2.05, 4.69) is 26.6 Å². The molecule has 0 aromatic heterocycles. The van der Waals surface area contributed by atoms with Gasteiger partial charge in [0, 0.05) is 22.0 Å². The monoisotopic (exact) mass is 330 g/mol. The summed E-state index contributed by atoms with van der Waals surface area (Å²) in [6, 6.07) is 7.06. The molecule has 6 heteroatoms. The van der Waals surface area contributed by atoms with Gasteiger partial charge in [-0.15, -0.1) is 0 Å². The number of benzene rings is 1. The maximum Gasteiger partial charge on any atom is 0.313 e. The fraction of sp³-hybridized carbons (Fsp3) is 0.333. The normalized spacial score (nSPS) is 11.7. The third-order valence-electron chi connectivity index (χ3n) is 2.08. The van der Waals surface area contributed by atoms with E-state index in [1.165, 1.54) is 0 Å². The Morgan fingerprint density at radius 3 is 2.72 bits per heavy atom. The van der Waals surface area contributed by atoms with Gasteiger partial charge in [0.15, 0.2) is 0 Å². The second kappa shape index (κ2) is 7.43. The summed E-state index contributed by atoms with van der Waals surface area (Å²) in [6.45, 7) is 1.86. The summed E-state index contributed by atoms with van der Waals surface area (Å²) in [4.78, 5) is 23.2. The van der Waals surface area contributed by atoms with Crippen molar-refractivity contribution >= 4 is 45.2 Å². The molecule has 1 unspecified atom stereocenters. The van der Waals surface area contributed by atoms with E-state index in [0.717, 1.165) is 10.2 Å². The Labute approximate surface area is 119 Å². The van der Waals surface area contributed by atoms with Gasteiger partial charge in [0.05, 0.1) is 0 Å². The Kier molecular flexibility index (Phi) is 6.21. The molecule has 0 aliphatic heterocycles. The zero-order chi connectivity index (χ0) is 13.5. The summed E-state index contributed by atoms with van der Waals surface area (Å²) in [5.41, 5.74) is 0.585. The number of thioether (sulfide) groups is 1. The molecule has 0 bridgehead atoms. The molecule has 0 heterocycles. The summed E-state index contributed by atoms with van der Waals surface area (Å²) < 4.78 is 0.844. The predicted molar refractivity (Wildman–Crippen MR) is 78.8 cm³/mol. The van der Waals surface area contributed by atoms with Crippen LogP contribution < -0.4 is 10.6 Å². The molecule has 0 radical (unpaired) electrons. The molecule has 0 fully saturated rings. The molecule has 0 aliphatic rings. The summed E-state index contributed by atoms with van der Waals surface area (Å²) in [5.74, 6) is -0.492. The van der Waals surface area contributed by atoms with Crippen LogP contribution >= 0.6 is 27.7 Å². The van der Waals surface area contributed by atoms with Crippen molar-refractivity contribution in [2.75, 3.05) is 17.3 Å². The van der Waals surface area contributed by atoms with Crippen LogP contribution in [-0.2, 0) is 9.59 Å². The van der Waals surface area contributed by atoms with Crippen molar-refractivity contribution < 1.29 is 9.59 Å². The van der Waals surface area contributed by atoms with E-state index < -0.39 is 11.8 Å². The molecular weight excluding hydrogens is 316 g/mol. The fourth-order valence-electron chi connectivity index (χ4n) is 1.34. The minimum absolute atomic E-state index is 0.0271. The Morgan fingerprint density at radius 1 is 1.39 bits per heavy atom. The van der Waals surface area contributed by atoms with Gasteiger partial charge in [0.25, 0.3) is 0 Å². The van der Waals surface area contributed by atoms with Crippen LogP contribution in [0, 0.1) is 0 Å². The second-order valence-corrected chi connectivity index (χ2v) is 5.62. The number of nitrogens with one attached hydrogen (secondary N) is 2. The quantitative estimate of drug-likeness (QED) is 0.832. The highest BCUT2D eigenvalue weighted by Gasteiger charge is 2.15. The summed E-state index contributed by atoms with van der Waals surface area (Å²) >= 11 is 4.91. The van der Waals surface area contributed by atoms with Crippen LogP contribution in [0.2, 0.25) is 0 Å². The molecular formula is C12H15BrN2O2S. The Balaban J connectivity index is 2.52. The van der Waals surface area contributed by atoms with Crippen LogP contribution in [0.5, 0.6) is 0 Å². The lowest BCUT2D eigenvalue weighted by Crippen LogP contribution is -2.41. The molecule has 1 rings (SSSR count). The Morgan fingerprint density at radius 2 is 2.11 bits per heavy atom. The van der Waals surface area contributed by atoms with Crippen molar-refractivity contribution in [3.05, 3.63) is 28.7 Å². The van der Waals surface area contributed by atoms with E-state index in [1.807, 2.05) is 19.2 Å². The van der Waals surface area contributed by atoms with E-state index in [4.69, 9.17) is 0 Å². The summed E-state index contributed by atoms with van der Waals surface area (Å²) in [7, 11) is 0. The Bertz CT molecular complexity index is 440. The molecule has 4 nitrogen and oxygen atoms in total. The lowest BCUT2D eigenvalue weighted by atomic mass is 10.3. The van der Waals surface area contributed by atoms with E-state index >= 15 is 0 Å². The predicted octanol–water partition coefficient (Wildman–Crippen LogP) is 2.26. The minimum Gasteiger partial charge on any atom is -0.345 e. The van der Waals surface area contributed by atoms with Gasteiger partial charge in [-0.1, -0.05) is 22.0 Å². The molecule has 18 heavy (non-hydrogen) atoms. The zero-order valence-electron chi connectivity index (χ0n) is 10.2. The third kappa shape index (κ3) is 5.10. The topological polar surface area (TPSA) is 58.2 Å². The van der Waals surface area contributed by atoms with Crippen LogP contribution in [-0.4, -0.2) is 29.9 Å². The highest BCUT2D eigenvalue weighted by Crippen LogP contribution is 2.15. The maximum absolute atomic E-state index is 11.6. The van der Waals surface area contributed by atoms with Gasteiger partial charge < -0.3 is 10.6 Å². The third-order valence-corrected chi connectivity index (χ3v) is 3.41. The van der Waals surface area contributed by atoms with Crippen LogP contribution in [0.15, 0.2) is 28.7 Å². The van der Waals surface area contributed by atoms with Gasteiger partial charge >= 0.3 is 11.8 Å². The lowest BCUT2D eigenvalue weighted by molar-refractivity contribution is -0.136. The first-order valence-corrected chi connectivity index (χ1v) is 7.58. The molecule has 2 amide bonds. The van der Waals surface area contributed by atoms with Crippen LogP contribution in [0.3, 0.4) is 0 Å². The maximum atomic E-state index is 11.6. The average Bonchev–Trinajstić information content (AvgIpc) is 2.29. The van der Waals surface area contributed by atoms with Crippen LogP contribution in [0.25, 0.3) is 0 Å². The van der Waals surface area contributed by atoms with Crippen molar-refractivity contribution in [1.29, 1.82) is 0 Å². The number of hydrogen-bond acceptors (Lipinski definition) is 3. The Hall–Kier alpha value is -1.01. The van der Waals surface area contributed by atoms with E-state index in [1.54, 1.807) is 30.0 Å². The van der Waals surface area contributed by atoms with Gasteiger partial charge in [-0.05, 0) is 31.4 Å². The van der Waals surface area contributed by atoms with E-state index in [-0.39, 0.29) is 6.04 Å². The number of rotatable bonds is 4. The number of anilines is 1. The van der Waals surface area contributed by atoms with Crippen LogP contribution in [0.4, 0.5) is 5.69 Å². The lowest BCUT2D eigenvalue weighted by Gasteiger charge is -2.12. The van der Waals surface area contributed by atoms with E-state index in [9.17, 15) is 9.59 Å². The highest BCUT2D eigenvalue weighted by atomic mass is 79.9. The van der Waals surface area contributed by atoms with E-state index in [0.29, 0.717) is 5.69 Å². The minimum atomic E-state index is -0.652. The molecule has 2 N–H and O–H groups in total. The summed E-state index contributed by atoms with van der Waals surface area (Å²) in [5, 5.41) is 5.17. The number of hydrogen-bond donors (Lipinski definition) is 2. The largest absolute Gasteiger partial charge is 0.345 e. The zero-order valence-corrected chi connectivity index (χ0v) is 12.6. The van der Waals surface area contributed by atoms with Gasteiger partial charge in [-0.25, -0.2) is 0 Å². The number of amides is 2. The second-order valence-electron chi connectivity index (χ2n) is 3.79. The molecule has 0 aliphatic carbocycles. The van der Waals surface area contributed by atoms with Gasteiger partial charge in [0.1, 0.15) is 0 Å². The van der Waals surface area contributed by atoms with Gasteiger partial charge in [0.2, 0.25) is 0 Å². The molecule has 1 aromatic carbocycles. The smallest absolute Gasteiger partial charge is 0.313 e. The van der Waals surface area contributed by atoms with Gasteiger partial charge in [-0.2, -0.15) is 11.8 Å². The van der Waals surface area contributed by atoms with Crippen molar-refractivity contribution in [2.45, 2.75) is 13.0 Å². The first-order valence-electron chi connectivity index (χ1n) is 5.39. The van der Waals surface area contributed by atoms with Crippen molar-refractivity contribution in [3.8, 4) is 0 Å². The van der Waals surface area contributed by atoms with Crippen molar-refractivity contribution in [3.63, 3.8) is 0 Å².